The maximum atomic E-state index is 12.5. The molecule has 3 rings (SSSR count). The van der Waals surface area contributed by atoms with Crippen LogP contribution in [0, 0.1) is 5.92 Å². The molecular weight excluding hydrogens is 388 g/mol. The second-order valence-electron chi connectivity index (χ2n) is 6.72. The van der Waals surface area contributed by atoms with Gasteiger partial charge in [0, 0.05) is 32.2 Å². The van der Waals surface area contributed by atoms with Gasteiger partial charge >= 0.3 is 5.97 Å². The minimum Gasteiger partial charge on any atom is -0.466 e. The molecule has 1 aromatic heterocycles. The average molecular weight is 413 g/mol. The summed E-state index contributed by atoms with van der Waals surface area (Å²) in [6, 6.07) is 1.78. The molecule has 0 saturated carbocycles. The Labute approximate surface area is 168 Å². The van der Waals surface area contributed by atoms with Crippen molar-refractivity contribution in [2.75, 3.05) is 43.4 Å². The molecule has 0 N–H and O–H groups in total. The van der Waals surface area contributed by atoms with Crippen LogP contribution in [0.1, 0.15) is 32.6 Å². The molecule has 0 aromatic carbocycles. The van der Waals surface area contributed by atoms with Crippen molar-refractivity contribution < 1.29 is 14.3 Å². The number of carbonyl (C=O) groups is 2. The van der Waals surface area contributed by atoms with Crippen molar-refractivity contribution in [1.29, 1.82) is 0 Å². The van der Waals surface area contributed by atoms with E-state index in [9.17, 15) is 9.59 Å². The summed E-state index contributed by atoms with van der Waals surface area (Å²) < 4.78 is 5.07. The van der Waals surface area contributed by atoms with Crippen LogP contribution in [0.3, 0.4) is 0 Å². The van der Waals surface area contributed by atoms with Crippen molar-refractivity contribution >= 4 is 41.1 Å². The van der Waals surface area contributed by atoms with Crippen LogP contribution in [0.25, 0.3) is 0 Å². The molecule has 0 unspecified atom stereocenters. The number of piperidine rings is 1. The maximum Gasteiger partial charge on any atom is 0.309 e. The second-order valence-corrected chi connectivity index (χ2v) is 8.05. The zero-order valence-corrected chi connectivity index (χ0v) is 17.1. The summed E-state index contributed by atoms with van der Waals surface area (Å²) in [5, 5.41) is 0.927. The van der Waals surface area contributed by atoms with Gasteiger partial charge in [-0.25, -0.2) is 9.97 Å². The first-order valence-electron chi connectivity index (χ1n) is 9.43. The molecular formula is C18H25ClN4O3S. The van der Waals surface area contributed by atoms with Gasteiger partial charge in [-0.1, -0.05) is 23.4 Å². The lowest BCUT2D eigenvalue weighted by Crippen LogP contribution is -2.41. The predicted molar refractivity (Wildman–Crippen MR) is 105 cm³/mol. The van der Waals surface area contributed by atoms with E-state index < -0.39 is 0 Å². The van der Waals surface area contributed by atoms with Crippen molar-refractivity contribution in [2.24, 2.45) is 5.92 Å². The van der Waals surface area contributed by atoms with Crippen molar-refractivity contribution in [1.82, 2.24) is 14.9 Å². The zero-order valence-electron chi connectivity index (χ0n) is 15.5. The second kappa shape index (κ2) is 9.59. The highest BCUT2D eigenvalue weighted by atomic mass is 35.5. The van der Waals surface area contributed by atoms with Crippen LogP contribution in [0.5, 0.6) is 0 Å². The Morgan fingerprint density at radius 1 is 1.22 bits per heavy atom. The molecule has 1 amide bonds. The Morgan fingerprint density at radius 3 is 2.59 bits per heavy atom. The monoisotopic (exact) mass is 412 g/mol. The molecule has 1 aromatic rings. The van der Waals surface area contributed by atoms with E-state index in [-0.39, 0.29) is 23.5 Å². The number of hydrogen-bond acceptors (Lipinski definition) is 7. The summed E-state index contributed by atoms with van der Waals surface area (Å²) in [7, 11) is 0. The molecule has 0 aliphatic carbocycles. The Bertz CT molecular complexity index is 677. The fourth-order valence-electron chi connectivity index (χ4n) is 3.40. The fourth-order valence-corrected chi connectivity index (χ4v) is 4.38. The van der Waals surface area contributed by atoms with Crippen LogP contribution in [-0.2, 0) is 14.3 Å². The van der Waals surface area contributed by atoms with E-state index >= 15 is 0 Å². The molecule has 0 atom stereocenters. The van der Waals surface area contributed by atoms with Crippen molar-refractivity contribution in [3.8, 4) is 0 Å². The minimum absolute atomic E-state index is 0.0357. The number of esters is 1. The first-order valence-corrected chi connectivity index (χ1v) is 10.8. The SMILES string of the molecule is CCOC(=O)C1CCN(C(=O)CSc2nc(Cl)cc(N3CCCC3)n2)CC1. The summed E-state index contributed by atoms with van der Waals surface area (Å²) in [5.74, 6) is 0.886. The number of aromatic nitrogens is 2. The molecule has 2 fully saturated rings. The highest BCUT2D eigenvalue weighted by Gasteiger charge is 2.28. The summed E-state index contributed by atoms with van der Waals surface area (Å²) in [5.41, 5.74) is 0. The first-order chi connectivity index (χ1) is 13.1. The van der Waals surface area contributed by atoms with Gasteiger partial charge in [0.25, 0.3) is 0 Å². The summed E-state index contributed by atoms with van der Waals surface area (Å²) in [6.07, 6.45) is 3.62. The molecule has 148 valence electrons. The molecule has 7 nitrogen and oxygen atoms in total. The number of likely N-dealkylation sites (tertiary alicyclic amines) is 1. The van der Waals surface area contributed by atoms with Crippen molar-refractivity contribution in [3.63, 3.8) is 0 Å². The van der Waals surface area contributed by atoms with Gasteiger partial charge < -0.3 is 14.5 Å². The molecule has 2 aliphatic heterocycles. The molecule has 0 spiro atoms. The number of amides is 1. The molecule has 9 heteroatoms. The van der Waals surface area contributed by atoms with E-state index in [1.165, 1.54) is 11.8 Å². The molecule has 0 bridgehead atoms. The topological polar surface area (TPSA) is 75.6 Å². The number of carbonyl (C=O) groups excluding carboxylic acids is 2. The van der Waals surface area contributed by atoms with Gasteiger partial charge in [0.2, 0.25) is 5.91 Å². The number of anilines is 1. The van der Waals surface area contributed by atoms with Gasteiger partial charge in [0.1, 0.15) is 11.0 Å². The quantitative estimate of drug-likeness (QED) is 0.307. The van der Waals surface area contributed by atoms with E-state index in [0.717, 1.165) is 31.7 Å². The minimum atomic E-state index is -0.152. The van der Waals surface area contributed by atoms with Gasteiger partial charge in [-0.05, 0) is 32.6 Å². The molecule has 2 saturated heterocycles. The first kappa shape index (κ1) is 20.2. The number of rotatable bonds is 6. The normalized spacial score (nSPS) is 18.0. The fraction of sp³-hybridized carbons (Fsp3) is 0.667. The van der Waals surface area contributed by atoms with Gasteiger partial charge in [-0.3, -0.25) is 9.59 Å². The highest BCUT2D eigenvalue weighted by Crippen LogP contribution is 2.25. The van der Waals surface area contributed by atoms with Gasteiger partial charge in [-0.15, -0.1) is 0 Å². The van der Waals surface area contributed by atoms with E-state index in [4.69, 9.17) is 16.3 Å². The lowest BCUT2D eigenvalue weighted by molar-refractivity contribution is -0.151. The average Bonchev–Trinajstić information content (AvgIpc) is 3.21. The molecule has 3 heterocycles. The van der Waals surface area contributed by atoms with E-state index in [1.54, 1.807) is 17.9 Å². The van der Waals surface area contributed by atoms with Crippen molar-refractivity contribution in [3.05, 3.63) is 11.2 Å². The van der Waals surface area contributed by atoms with E-state index in [1.807, 2.05) is 0 Å². The lowest BCUT2D eigenvalue weighted by Gasteiger charge is -2.30. The van der Waals surface area contributed by atoms with Crippen LogP contribution in [0.15, 0.2) is 11.2 Å². The van der Waals surface area contributed by atoms with Crippen LogP contribution in [0.2, 0.25) is 5.15 Å². The maximum absolute atomic E-state index is 12.5. The zero-order chi connectivity index (χ0) is 19.2. The molecule has 27 heavy (non-hydrogen) atoms. The number of halogens is 1. The predicted octanol–water partition coefficient (Wildman–Crippen LogP) is 2.62. The Morgan fingerprint density at radius 2 is 1.93 bits per heavy atom. The standard InChI is InChI=1S/C18H25ClN4O3S/c1-2-26-17(25)13-5-9-23(10-6-13)16(24)12-27-18-20-14(19)11-15(21-18)22-7-3-4-8-22/h11,13H,2-10,12H2,1H3. The third-order valence-electron chi connectivity index (χ3n) is 4.88. The van der Waals surface area contributed by atoms with Gasteiger partial charge in [0.15, 0.2) is 5.16 Å². The number of ether oxygens (including phenoxy) is 1. The summed E-state index contributed by atoms with van der Waals surface area (Å²) in [4.78, 5) is 37.1. The summed E-state index contributed by atoms with van der Waals surface area (Å²) >= 11 is 7.44. The number of thioether (sulfide) groups is 1. The van der Waals surface area contributed by atoms with Crippen molar-refractivity contribution in [2.45, 2.75) is 37.8 Å². The van der Waals surface area contributed by atoms with E-state index in [0.29, 0.717) is 42.8 Å². The lowest BCUT2D eigenvalue weighted by atomic mass is 9.97. The molecule has 2 aliphatic rings. The van der Waals surface area contributed by atoms with Crippen LogP contribution >= 0.6 is 23.4 Å². The smallest absolute Gasteiger partial charge is 0.309 e. The van der Waals surface area contributed by atoms with Gasteiger partial charge in [-0.2, -0.15) is 0 Å². The Balaban J connectivity index is 1.50. The highest BCUT2D eigenvalue weighted by molar-refractivity contribution is 7.99. The third kappa shape index (κ3) is 5.48. The van der Waals surface area contributed by atoms with Crippen LogP contribution in [0.4, 0.5) is 5.82 Å². The third-order valence-corrected chi connectivity index (χ3v) is 5.91. The number of nitrogens with zero attached hydrogens (tertiary/aromatic N) is 4. The number of hydrogen-bond donors (Lipinski definition) is 0. The Hall–Kier alpha value is -1.54. The van der Waals surface area contributed by atoms with E-state index in [2.05, 4.69) is 14.9 Å². The van der Waals surface area contributed by atoms with Gasteiger partial charge in [0.05, 0.1) is 18.3 Å². The van der Waals surface area contributed by atoms with Crippen LogP contribution < -0.4 is 4.90 Å². The van der Waals surface area contributed by atoms with Crippen LogP contribution in [-0.4, -0.2) is 65.3 Å². The largest absolute Gasteiger partial charge is 0.466 e. The molecule has 0 radical (unpaired) electrons. The summed E-state index contributed by atoms with van der Waals surface area (Å²) in [6.45, 7) is 5.32. The Kier molecular flexibility index (Phi) is 7.18.